The van der Waals surface area contributed by atoms with Crippen molar-refractivity contribution in [1.29, 1.82) is 0 Å². The molecule has 6 atom stereocenters. The van der Waals surface area contributed by atoms with Crippen molar-refractivity contribution in [2.75, 3.05) is 26.0 Å². The fraction of sp³-hybridized carbons (Fsp3) is 0.483. The number of ether oxygens (including phenoxy) is 1. The second-order valence-corrected chi connectivity index (χ2v) is 12.4. The third-order valence-electron chi connectivity index (χ3n) is 8.20. The summed E-state index contributed by atoms with van der Waals surface area (Å²) in [5, 5.41) is 61.4. The Bertz CT molecular complexity index is 1540. The summed E-state index contributed by atoms with van der Waals surface area (Å²) in [5.74, 6) is -11.1. The van der Waals surface area contributed by atoms with Crippen LogP contribution in [0.15, 0.2) is 34.8 Å². The van der Waals surface area contributed by atoms with E-state index < -0.39 is 106 Å². The molecular formula is C29H36N4O11. The second-order valence-electron chi connectivity index (χ2n) is 12.4. The number of likely N-dealkylation sites (N-methyl/N-ethyl adjacent to an activating group) is 1. The van der Waals surface area contributed by atoms with Gasteiger partial charge in [-0.2, -0.15) is 0 Å². The minimum absolute atomic E-state index is 0.225. The zero-order chi connectivity index (χ0) is 33.2. The number of primary amides is 1. The number of hydrogen-bond donors (Lipinski definition) is 8. The molecular weight excluding hydrogens is 580 g/mol. The van der Waals surface area contributed by atoms with Crippen molar-refractivity contribution >= 4 is 35.2 Å². The van der Waals surface area contributed by atoms with Crippen LogP contribution < -0.4 is 16.4 Å². The first-order chi connectivity index (χ1) is 20.2. The molecule has 1 aromatic carbocycles. The number of rotatable bonds is 5. The van der Waals surface area contributed by atoms with Crippen molar-refractivity contribution < 1.29 is 54.2 Å². The van der Waals surface area contributed by atoms with Crippen molar-refractivity contribution in [2.45, 2.75) is 57.0 Å². The van der Waals surface area contributed by atoms with Crippen LogP contribution in [0.25, 0.3) is 0 Å². The van der Waals surface area contributed by atoms with Crippen LogP contribution in [0, 0.1) is 11.8 Å². The number of alkyl carbamates (subject to hydrolysis) is 1. The Hall–Kier alpha value is -4.47. The van der Waals surface area contributed by atoms with Gasteiger partial charge >= 0.3 is 6.09 Å². The minimum atomic E-state index is -3.04. The summed E-state index contributed by atoms with van der Waals surface area (Å²) < 4.78 is 5.07. The van der Waals surface area contributed by atoms with Crippen molar-refractivity contribution in [1.82, 2.24) is 10.2 Å². The lowest BCUT2D eigenvalue weighted by atomic mass is 9.55. The number of aliphatic hydroxyl groups excluding tert-OH is 3. The third-order valence-corrected chi connectivity index (χ3v) is 8.20. The fourth-order valence-corrected chi connectivity index (χ4v) is 6.38. The van der Waals surface area contributed by atoms with E-state index in [1.54, 1.807) is 27.7 Å². The van der Waals surface area contributed by atoms with Crippen LogP contribution in [0.4, 0.5) is 10.5 Å². The fourth-order valence-electron chi connectivity index (χ4n) is 6.38. The zero-order valence-electron chi connectivity index (χ0n) is 25.0. The van der Waals surface area contributed by atoms with Gasteiger partial charge in [-0.05, 0) is 52.4 Å². The van der Waals surface area contributed by atoms with E-state index in [9.17, 15) is 49.5 Å². The number of ketones is 2. The predicted molar refractivity (Wildman–Crippen MR) is 153 cm³/mol. The summed E-state index contributed by atoms with van der Waals surface area (Å²) in [4.78, 5) is 65.2. The van der Waals surface area contributed by atoms with E-state index in [1.165, 1.54) is 31.1 Å². The third kappa shape index (κ3) is 4.96. The highest BCUT2D eigenvalue weighted by Gasteiger charge is 2.67. The lowest BCUT2D eigenvalue weighted by Crippen LogP contribution is -2.68. The molecule has 4 rings (SSSR count). The van der Waals surface area contributed by atoms with Gasteiger partial charge in [0.15, 0.2) is 17.1 Å². The Balaban J connectivity index is 1.77. The molecule has 44 heavy (non-hydrogen) atoms. The number of anilines is 1. The molecule has 6 unspecified atom stereocenters. The lowest BCUT2D eigenvalue weighted by Gasteiger charge is -2.53. The van der Waals surface area contributed by atoms with E-state index in [4.69, 9.17) is 10.5 Å². The number of carbonyl (C=O) groups is 5. The van der Waals surface area contributed by atoms with Gasteiger partial charge in [-0.25, -0.2) is 4.79 Å². The molecule has 15 heteroatoms. The molecule has 238 valence electrons. The summed E-state index contributed by atoms with van der Waals surface area (Å²) in [6.07, 6.45) is -2.59. The van der Waals surface area contributed by atoms with Gasteiger partial charge in [-0.1, -0.05) is 13.0 Å². The van der Waals surface area contributed by atoms with E-state index in [1.807, 2.05) is 0 Å². The Morgan fingerprint density at radius 2 is 1.73 bits per heavy atom. The van der Waals surface area contributed by atoms with Crippen molar-refractivity contribution in [3.05, 3.63) is 45.9 Å². The first-order valence-electron chi connectivity index (χ1n) is 13.7. The van der Waals surface area contributed by atoms with Crippen LogP contribution in [0.3, 0.4) is 0 Å². The molecule has 0 spiro atoms. The van der Waals surface area contributed by atoms with Gasteiger partial charge in [0.2, 0.25) is 11.7 Å². The van der Waals surface area contributed by atoms with Crippen molar-refractivity contribution in [2.24, 2.45) is 17.6 Å². The maximum Gasteiger partial charge on any atom is 0.408 e. The topological polar surface area (TPSA) is 249 Å². The Morgan fingerprint density at radius 1 is 1.11 bits per heavy atom. The molecule has 1 aromatic rings. The highest BCUT2D eigenvalue weighted by molar-refractivity contribution is 6.25. The number of nitrogens with one attached hydrogen (secondary N) is 2. The molecule has 0 aromatic heterocycles. The van der Waals surface area contributed by atoms with E-state index in [2.05, 4.69) is 10.6 Å². The number of carbonyl (C=O) groups excluding carboxylic acids is 5. The molecule has 3 aliphatic carbocycles. The second kappa shape index (κ2) is 10.9. The molecule has 9 N–H and O–H groups in total. The van der Waals surface area contributed by atoms with Crippen LogP contribution in [0.2, 0.25) is 0 Å². The molecule has 0 bridgehead atoms. The predicted octanol–water partition coefficient (Wildman–Crippen LogP) is 0.116. The Kier molecular flexibility index (Phi) is 8.04. The molecule has 0 saturated carbocycles. The number of aliphatic hydroxyl groups is 4. The zero-order valence-corrected chi connectivity index (χ0v) is 25.0. The maximum absolute atomic E-state index is 13.9. The van der Waals surface area contributed by atoms with Crippen LogP contribution in [-0.2, 0) is 19.1 Å². The number of Topliss-reactive ketones (excluding diaryl/α,β-unsaturated/α-hetero) is 2. The number of phenols is 1. The summed E-state index contributed by atoms with van der Waals surface area (Å²) in [7, 11) is 2.89. The van der Waals surface area contributed by atoms with E-state index >= 15 is 0 Å². The number of fused-ring (bicyclic) bond motifs is 3. The molecule has 3 aliphatic rings. The van der Waals surface area contributed by atoms with Gasteiger partial charge in [0.05, 0.1) is 29.3 Å². The normalized spacial score (nSPS) is 28.2. The molecule has 15 nitrogen and oxygen atoms in total. The maximum atomic E-state index is 13.9. The monoisotopic (exact) mass is 616 g/mol. The van der Waals surface area contributed by atoms with Crippen LogP contribution in [0.5, 0.6) is 5.75 Å². The lowest BCUT2D eigenvalue weighted by molar-refractivity contribution is -0.162. The average Bonchev–Trinajstić information content (AvgIpc) is 2.89. The number of nitrogens with two attached hydrogens (primary N) is 1. The highest BCUT2D eigenvalue weighted by Crippen LogP contribution is 2.56. The number of benzene rings is 1. The quantitative estimate of drug-likeness (QED) is 0.162. The van der Waals surface area contributed by atoms with Gasteiger partial charge in [0.1, 0.15) is 29.2 Å². The number of aromatic hydroxyl groups is 1. The first kappa shape index (κ1) is 32.4. The average molecular weight is 617 g/mol. The first-order valence-corrected chi connectivity index (χ1v) is 13.7. The summed E-state index contributed by atoms with van der Waals surface area (Å²) in [5.41, 5.74) is -0.475. The number of nitrogens with zero attached hydrogens (tertiary/aromatic N) is 1. The van der Waals surface area contributed by atoms with Crippen LogP contribution in [0.1, 0.15) is 49.5 Å². The SMILES string of the molecule is CC1c2ccc(NC(=O)CNC(=O)OC(C)(C)C)c(O)c2C(=O)C2=C(O)C3(O)C(=O)C(C(N)=O)=C(O)C(N(C)C)C3C(O)C21. The summed E-state index contributed by atoms with van der Waals surface area (Å²) >= 11 is 0. The smallest absolute Gasteiger partial charge is 0.408 e. The Labute approximate surface area is 252 Å². The minimum Gasteiger partial charge on any atom is -0.510 e. The van der Waals surface area contributed by atoms with Crippen molar-refractivity contribution in [3.8, 4) is 5.75 Å². The van der Waals surface area contributed by atoms with Crippen LogP contribution in [-0.4, -0.2) is 104 Å². The number of amides is 3. The molecule has 0 heterocycles. The van der Waals surface area contributed by atoms with Crippen LogP contribution >= 0.6 is 0 Å². The molecule has 0 radical (unpaired) electrons. The van der Waals surface area contributed by atoms with Gasteiger partial charge in [0, 0.05) is 11.5 Å². The van der Waals surface area contributed by atoms with E-state index in [-0.39, 0.29) is 16.8 Å². The van der Waals surface area contributed by atoms with Gasteiger partial charge in [0.25, 0.3) is 5.91 Å². The van der Waals surface area contributed by atoms with Gasteiger partial charge < -0.3 is 46.6 Å². The molecule has 0 saturated heterocycles. The molecule has 0 fully saturated rings. The van der Waals surface area contributed by atoms with Gasteiger partial charge in [-0.3, -0.25) is 24.1 Å². The summed E-state index contributed by atoms with van der Waals surface area (Å²) in [6.45, 7) is 5.96. The Morgan fingerprint density at radius 3 is 2.27 bits per heavy atom. The van der Waals surface area contributed by atoms with E-state index in [0.29, 0.717) is 0 Å². The van der Waals surface area contributed by atoms with Crippen molar-refractivity contribution in [3.63, 3.8) is 0 Å². The highest BCUT2D eigenvalue weighted by atomic mass is 16.6. The number of phenolic OH excluding ortho intramolecular Hbond substituents is 1. The number of hydrogen-bond acceptors (Lipinski definition) is 12. The largest absolute Gasteiger partial charge is 0.510 e. The molecule has 0 aliphatic heterocycles. The summed E-state index contributed by atoms with van der Waals surface area (Å²) in [6, 6.07) is 1.36. The molecule has 3 amide bonds. The van der Waals surface area contributed by atoms with E-state index in [0.717, 1.165) is 0 Å². The standard InChI is InChI=1S/C29H36N4O11/c1-10-11-7-8-12(32-13(34)9-31-27(42)44-28(2,3)4)20(35)15(11)21(36)16-14(10)22(37)18-19(33(5)6)23(38)17(26(30)41)25(40)29(18,43)24(16)39/h7-8,10,14,18-19,22,35,37-39,43H,9H2,1-6H3,(H2,30,41)(H,31,42)(H,32,34). The van der Waals surface area contributed by atoms with Gasteiger partial charge in [-0.15, -0.1) is 0 Å².